The number of para-hydroxylation sites is 1. The summed E-state index contributed by atoms with van der Waals surface area (Å²) in [6, 6.07) is 10.3. The minimum Gasteiger partial charge on any atom is -0.465 e. The fraction of sp³-hybridized carbons (Fsp3) is 0.462. The van der Waals surface area contributed by atoms with Crippen molar-refractivity contribution in [1.82, 2.24) is 10.2 Å². The first kappa shape index (κ1) is 12.7. The van der Waals surface area contributed by atoms with Gasteiger partial charge >= 0.3 is 6.09 Å². The summed E-state index contributed by atoms with van der Waals surface area (Å²) in [5, 5.41) is 15.6. The lowest BCUT2D eigenvalue weighted by atomic mass is 10.1. The molecule has 5 heteroatoms. The molecule has 1 amide bonds. The molecule has 1 aromatic carbocycles. The van der Waals surface area contributed by atoms with Crippen LogP contribution in [0.25, 0.3) is 0 Å². The second-order valence-electron chi connectivity index (χ2n) is 4.46. The van der Waals surface area contributed by atoms with Crippen molar-refractivity contribution in [1.29, 1.82) is 0 Å². The van der Waals surface area contributed by atoms with Gasteiger partial charge in [0.15, 0.2) is 0 Å². The van der Waals surface area contributed by atoms with Gasteiger partial charge in [0.1, 0.15) is 0 Å². The molecule has 1 aromatic rings. The Balaban J connectivity index is 1.72. The third-order valence-corrected chi connectivity index (χ3v) is 3.12. The van der Waals surface area contributed by atoms with Gasteiger partial charge in [-0.15, -0.1) is 0 Å². The molecule has 1 atom stereocenters. The van der Waals surface area contributed by atoms with Crippen LogP contribution in [0.3, 0.4) is 0 Å². The van der Waals surface area contributed by atoms with E-state index in [1.807, 2.05) is 30.3 Å². The van der Waals surface area contributed by atoms with E-state index in [0.29, 0.717) is 13.1 Å². The van der Waals surface area contributed by atoms with Crippen molar-refractivity contribution in [2.75, 3.05) is 31.5 Å². The molecule has 0 aromatic heterocycles. The molecule has 1 aliphatic rings. The van der Waals surface area contributed by atoms with E-state index in [1.54, 1.807) is 0 Å². The number of anilines is 1. The van der Waals surface area contributed by atoms with Crippen LogP contribution in [-0.2, 0) is 0 Å². The Morgan fingerprint density at radius 2 is 2.22 bits per heavy atom. The predicted molar refractivity (Wildman–Crippen MR) is 70.9 cm³/mol. The Morgan fingerprint density at radius 3 is 2.94 bits per heavy atom. The van der Waals surface area contributed by atoms with Crippen LogP contribution in [0.15, 0.2) is 30.3 Å². The fourth-order valence-electron chi connectivity index (χ4n) is 2.14. The van der Waals surface area contributed by atoms with Gasteiger partial charge in [0.25, 0.3) is 0 Å². The number of piperazine rings is 1. The van der Waals surface area contributed by atoms with Crippen LogP contribution < -0.4 is 10.6 Å². The maximum absolute atomic E-state index is 10.9. The monoisotopic (exact) mass is 249 g/mol. The molecule has 1 fully saturated rings. The number of amides is 1. The highest BCUT2D eigenvalue weighted by molar-refractivity contribution is 5.65. The van der Waals surface area contributed by atoms with Crippen molar-refractivity contribution in [3.63, 3.8) is 0 Å². The topological polar surface area (TPSA) is 64.6 Å². The van der Waals surface area contributed by atoms with Crippen LogP contribution in [-0.4, -0.2) is 48.3 Å². The smallest absolute Gasteiger partial charge is 0.407 e. The third kappa shape index (κ3) is 3.63. The summed E-state index contributed by atoms with van der Waals surface area (Å²) < 4.78 is 0. The Morgan fingerprint density at radius 1 is 1.44 bits per heavy atom. The predicted octanol–water partition coefficient (Wildman–Crippen LogP) is 1.44. The van der Waals surface area contributed by atoms with Crippen molar-refractivity contribution >= 4 is 11.8 Å². The van der Waals surface area contributed by atoms with Crippen LogP contribution in [0, 0.1) is 0 Å². The van der Waals surface area contributed by atoms with Crippen LogP contribution in [0.2, 0.25) is 0 Å². The molecule has 98 valence electrons. The molecule has 1 aliphatic heterocycles. The van der Waals surface area contributed by atoms with Crippen LogP contribution in [0.5, 0.6) is 0 Å². The molecular weight excluding hydrogens is 230 g/mol. The molecule has 3 N–H and O–H groups in total. The first-order chi connectivity index (χ1) is 8.75. The number of nitrogens with one attached hydrogen (secondary N) is 2. The van der Waals surface area contributed by atoms with Crippen LogP contribution in [0.4, 0.5) is 10.5 Å². The average molecular weight is 249 g/mol. The van der Waals surface area contributed by atoms with Crippen molar-refractivity contribution in [3.8, 4) is 0 Å². The summed E-state index contributed by atoms with van der Waals surface area (Å²) in [5.74, 6) is 0. The van der Waals surface area contributed by atoms with Gasteiger partial charge < -0.3 is 20.6 Å². The molecule has 0 radical (unpaired) electrons. The van der Waals surface area contributed by atoms with E-state index in [0.717, 1.165) is 25.2 Å². The lowest BCUT2D eigenvalue weighted by Gasteiger charge is -2.31. The molecular formula is C13H19N3O2. The van der Waals surface area contributed by atoms with Gasteiger partial charge in [0.2, 0.25) is 0 Å². The highest BCUT2D eigenvalue weighted by atomic mass is 16.4. The summed E-state index contributed by atoms with van der Waals surface area (Å²) in [4.78, 5) is 12.4. The van der Waals surface area contributed by atoms with E-state index in [2.05, 4.69) is 10.6 Å². The SMILES string of the molecule is O=C(O)N1CCN[C@H](CCNc2ccccc2)C1. The van der Waals surface area contributed by atoms with Crippen molar-refractivity contribution < 1.29 is 9.90 Å². The molecule has 2 rings (SSSR count). The van der Waals surface area contributed by atoms with Crippen LogP contribution >= 0.6 is 0 Å². The van der Waals surface area contributed by atoms with Crippen molar-refractivity contribution in [2.45, 2.75) is 12.5 Å². The van der Waals surface area contributed by atoms with Gasteiger partial charge in [-0.25, -0.2) is 4.79 Å². The highest BCUT2D eigenvalue weighted by Crippen LogP contribution is 2.07. The second kappa shape index (κ2) is 6.26. The van der Waals surface area contributed by atoms with E-state index in [4.69, 9.17) is 5.11 Å². The largest absolute Gasteiger partial charge is 0.465 e. The Kier molecular flexibility index (Phi) is 4.41. The Bertz CT molecular complexity index is 383. The maximum atomic E-state index is 10.9. The molecule has 1 heterocycles. The van der Waals surface area contributed by atoms with E-state index in [9.17, 15) is 4.79 Å². The van der Waals surface area contributed by atoms with Crippen molar-refractivity contribution in [2.24, 2.45) is 0 Å². The number of nitrogens with zero attached hydrogens (tertiary/aromatic N) is 1. The first-order valence-corrected chi connectivity index (χ1v) is 6.26. The molecule has 1 saturated heterocycles. The van der Waals surface area contributed by atoms with E-state index in [-0.39, 0.29) is 6.04 Å². The van der Waals surface area contributed by atoms with Gasteiger partial charge in [-0.1, -0.05) is 18.2 Å². The number of carboxylic acid groups (broad SMARTS) is 1. The molecule has 0 unspecified atom stereocenters. The summed E-state index contributed by atoms with van der Waals surface area (Å²) in [5.41, 5.74) is 1.10. The maximum Gasteiger partial charge on any atom is 0.407 e. The zero-order valence-corrected chi connectivity index (χ0v) is 10.3. The average Bonchev–Trinajstić information content (AvgIpc) is 2.40. The van der Waals surface area contributed by atoms with Crippen molar-refractivity contribution in [3.05, 3.63) is 30.3 Å². The normalized spacial score (nSPS) is 19.6. The second-order valence-corrected chi connectivity index (χ2v) is 4.46. The number of benzene rings is 1. The number of hydrogen-bond donors (Lipinski definition) is 3. The van der Waals surface area contributed by atoms with E-state index in [1.165, 1.54) is 4.90 Å². The Labute approximate surface area is 107 Å². The Hall–Kier alpha value is -1.75. The lowest BCUT2D eigenvalue weighted by molar-refractivity contribution is 0.128. The van der Waals surface area contributed by atoms with Gasteiger partial charge in [-0.05, 0) is 18.6 Å². The molecule has 0 spiro atoms. The highest BCUT2D eigenvalue weighted by Gasteiger charge is 2.21. The third-order valence-electron chi connectivity index (χ3n) is 3.12. The fourth-order valence-corrected chi connectivity index (χ4v) is 2.14. The zero-order chi connectivity index (χ0) is 12.8. The molecule has 0 aliphatic carbocycles. The molecule has 5 nitrogen and oxygen atoms in total. The lowest BCUT2D eigenvalue weighted by Crippen LogP contribution is -2.52. The van der Waals surface area contributed by atoms with Gasteiger partial charge in [0.05, 0.1) is 0 Å². The van der Waals surface area contributed by atoms with E-state index < -0.39 is 6.09 Å². The molecule has 0 saturated carbocycles. The van der Waals surface area contributed by atoms with E-state index >= 15 is 0 Å². The minimum absolute atomic E-state index is 0.242. The minimum atomic E-state index is -0.822. The number of hydrogen-bond acceptors (Lipinski definition) is 3. The number of rotatable bonds is 4. The summed E-state index contributed by atoms with van der Waals surface area (Å²) in [7, 11) is 0. The van der Waals surface area contributed by atoms with Gasteiger partial charge in [-0.3, -0.25) is 0 Å². The zero-order valence-electron chi connectivity index (χ0n) is 10.3. The number of carbonyl (C=O) groups is 1. The summed E-state index contributed by atoms with van der Waals surface area (Å²) in [6.45, 7) is 2.74. The standard InChI is InChI=1S/C13H19N3O2/c17-13(18)16-9-8-15-12(10-16)6-7-14-11-4-2-1-3-5-11/h1-5,12,14-15H,6-10H2,(H,17,18)/t12-/m1/s1. The summed E-state index contributed by atoms with van der Waals surface area (Å²) >= 11 is 0. The first-order valence-electron chi connectivity index (χ1n) is 6.26. The summed E-state index contributed by atoms with van der Waals surface area (Å²) in [6.07, 6.45) is 0.0936. The van der Waals surface area contributed by atoms with Gasteiger partial charge in [-0.2, -0.15) is 0 Å². The molecule has 18 heavy (non-hydrogen) atoms. The van der Waals surface area contributed by atoms with Gasteiger partial charge in [0, 0.05) is 37.9 Å². The van der Waals surface area contributed by atoms with Crippen LogP contribution in [0.1, 0.15) is 6.42 Å². The molecule has 0 bridgehead atoms. The quantitative estimate of drug-likeness (QED) is 0.755.